The molecule has 2 aromatic carbocycles. The number of aryl methyl sites for hydroxylation is 1. The molecule has 2 heterocycles. The van der Waals surface area contributed by atoms with Gasteiger partial charge in [-0.05, 0) is 37.1 Å². The molecule has 1 fully saturated rings. The highest BCUT2D eigenvalue weighted by Crippen LogP contribution is 2.29. The first kappa shape index (κ1) is 21.6. The summed E-state index contributed by atoms with van der Waals surface area (Å²) in [5.74, 6) is -0.200. The van der Waals surface area contributed by atoms with E-state index in [2.05, 4.69) is 11.6 Å². The van der Waals surface area contributed by atoms with Gasteiger partial charge in [-0.3, -0.25) is 14.4 Å². The highest BCUT2D eigenvalue weighted by molar-refractivity contribution is 6.19. The summed E-state index contributed by atoms with van der Waals surface area (Å²) in [5, 5.41) is 0.796. The first-order valence-electron chi connectivity index (χ1n) is 10.9. The van der Waals surface area contributed by atoms with Crippen molar-refractivity contribution >= 4 is 28.4 Å². The van der Waals surface area contributed by atoms with E-state index in [0.717, 1.165) is 17.4 Å². The van der Waals surface area contributed by atoms with E-state index < -0.39 is 0 Å². The molecule has 1 aliphatic rings. The Kier molecular flexibility index (Phi) is 5.95. The SMILES string of the molecule is C=C(C(=O)c1c[nH]c2c(C(C)=O)ccc(CC)c12)N1CCN(C(=O)c2ccccc2)CC1. The van der Waals surface area contributed by atoms with Crippen molar-refractivity contribution in [3.63, 3.8) is 0 Å². The van der Waals surface area contributed by atoms with Crippen molar-refractivity contribution in [2.24, 2.45) is 0 Å². The van der Waals surface area contributed by atoms with Gasteiger partial charge >= 0.3 is 0 Å². The first-order valence-corrected chi connectivity index (χ1v) is 10.9. The van der Waals surface area contributed by atoms with Gasteiger partial charge in [0, 0.05) is 54.5 Å². The second-order valence-corrected chi connectivity index (χ2v) is 8.06. The number of amides is 1. The third kappa shape index (κ3) is 3.84. The number of nitrogens with zero attached hydrogens (tertiary/aromatic N) is 2. The number of benzene rings is 2. The fourth-order valence-electron chi connectivity index (χ4n) is 4.33. The van der Waals surface area contributed by atoms with E-state index in [-0.39, 0.29) is 17.5 Å². The number of Topliss-reactive ketones (excluding diaryl/α,β-unsaturated/α-hetero) is 2. The van der Waals surface area contributed by atoms with E-state index in [4.69, 9.17) is 0 Å². The van der Waals surface area contributed by atoms with Crippen LogP contribution in [0.5, 0.6) is 0 Å². The van der Waals surface area contributed by atoms with Crippen molar-refractivity contribution in [3.05, 3.63) is 83.2 Å². The van der Waals surface area contributed by atoms with Gasteiger partial charge in [-0.2, -0.15) is 0 Å². The van der Waals surface area contributed by atoms with Crippen LogP contribution in [0, 0.1) is 0 Å². The number of rotatable bonds is 6. The van der Waals surface area contributed by atoms with Gasteiger partial charge in [0.15, 0.2) is 5.78 Å². The molecule has 6 heteroatoms. The summed E-state index contributed by atoms with van der Waals surface area (Å²) in [6, 6.07) is 13.0. The van der Waals surface area contributed by atoms with Gasteiger partial charge in [-0.25, -0.2) is 0 Å². The number of carbonyl (C=O) groups excluding carboxylic acids is 3. The molecule has 164 valence electrons. The first-order chi connectivity index (χ1) is 15.4. The summed E-state index contributed by atoms with van der Waals surface area (Å²) in [4.78, 5) is 45.0. The summed E-state index contributed by atoms with van der Waals surface area (Å²) in [7, 11) is 0. The maximum Gasteiger partial charge on any atom is 0.253 e. The zero-order valence-electron chi connectivity index (χ0n) is 18.5. The Morgan fingerprint density at radius 3 is 2.22 bits per heavy atom. The average molecular weight is 430 g/mol. The number of piperazine rings is 1. The zero-order chi connectivity index (χ0) is 22.8. The van der Waals surface area contributed by atoms with E-state index >= 15 is 0 Å². The molecule has 0 bridgehead atoms. The highest BCUT2D eigenvalue weighted by Gasteiger charge is 2.27. The second-order valence-electron chi connectivity index (χ2n) is 8.06. The molecule has 32 heavy (non-hydrogen) atoms. The number of H-pyrrole nitrogens is 1. The lowest BCUT2D eigenvalue weighted by atomic mass is 9.97. The molecule has 1 aliphatic heterocycles. The normalized spacial score (nSPS) is 13.9. The van der Waals surface area contributed by atoms with Crippen molar-refractivity contribution < 1.29 is 14.4 Å². The van der Waals surface area contributed by atoms with Gasteiger partial charge < -0.3 is 14.8 Å². The van der Waals surface area contributed by atoms with Crippen molar-refractivity contribution in [2.45, 2.75) is 20.3 Å². The molecular formula is C26H27N3O3. The number of hydrogen-bond donors (Lipinski definition) is 1. The van der Waals surface area contributed by atoms with Crippen LogP contribution in [-0.4, -0.2) is 58.4 Å². The number of carbonyl (C=O) groups is 3. The molecule has 0 spiro atoms. The van der Waals surface area contributed by atoms with Crippen molar-refractivity contribution in [1.29, 1.82) is 0 Å². The topological polar surface area (TPSA) is 73.5 Å². The van der Waals surface area contributed by atoms with Gasteiger partial charge in [0.05, 0.1) is 11.2 Å². The Morgan fingerprint density at radius 2 is 1.59 bits per heavy atom. The molecule has 1 N–H and O–H groups in total. The fraction of sp³-hybridized carbons (Fsp3) is 0.269. The van der Waals surface area contributed by atoms with E-state index in [0.29, 0.717) is 54.1 Å². The van der Waals surface area contributed by atoms with Gasteiger partial charge in [-0.1, -0.05) is 37.8 Å². The monoisotopic (exact) mass is 429 g/mol. The molecule has 0 radical (unpaired) electrons. The minimum atomic E-state index is -0.158. The minimum absolute atomic E-state index is 0.00293. The van der Waals surface area contributed by atoms with Crippen LogP contribution < -0.4 is 0 Å². The summed E-state index contributed by atoms with van der Waals surface area (Å²) in [5.41, 5.74) is 3.91. The zero-order valence-corrected chi connectivity index (χ0v) is 18.5. The Hall–Kier alpha value is -3.67. The Morgan fingerprint density at radius 1 is 0.938 bits per heavy atom. The maximum absolute atomic E-state index is 13.4. The smallest absolute Gasteiger partial charge is 0.253 e. The largest absolute Gasteiger partial charge is 0.365 e. The molecule has 0 atom stereocenters. The lowest BCUT2D eigenvalue weighted by molar-refractivity contribution is 0.0662. The number of allylic oxidation sites excluding steroid dienone is 1. The van der Waals surface area contributed by atoms with E-state index in [1.54, 1.807) is 6.20 Å². The maximum atomic E-state index is 13.4. The summed E-state index contributed by atoms with van der Waals surface area (Å²) in [6.07, 6.45) is 2.43. The molecule has 0 aliphatic carbocycles. The number of fused-ring (bicyclic) bond motifs is 1. The molecule has 1 aromatic heterocycles. The standard InChI is InChI=1S/C26H27N3O3/c1-4-19-10-11-21(18(3)30)24-23(19)22(16-27-24)25(31)17(2)28-12-14-29(15-13-28)26(32)20-8-6-5-7-9-20/h5-11,16,27H,2,4,12-15H2,1,3H3. The number of aromatic nitrogens is 1. The third-order valence-electron chi connectivity index (χ3n) is 6.16. The molecular weight excluding hydrogens is 402 g/mol. The van der Waals surface area contributed by atoms with Crippen molar-refractivity contribution in [1.82, 2.24) is 14.8 Å². The van der Waals surface area contributed by atoms with E-state index in [9.17, 15) is 14.4 Å². The van der Waals surface area contributed by atoms with Gasteiger partial charge in [0.25, 0.3) is 5.91 Å². The number of aromatic amines is 1. The van der Waals surface area contributed by atoms with Crippen LogP contribution >= 0.6 is 0 Å². The quantitative estimate of drug-likeness (QED) is 0.473. The average Bonchev–Trinajstić information content (AvgIpc) is 3.28. The predicted octanol–water partition coefficient (Wildman–Crippen LogP) is 4.09. The molecule has 0 unspecified atom stereocenters. The van der Waals surface area contributed by atoms with E-state index in [1.807, 2.05) is 59.2 Å². The van der Waals surface area contributed by atoms with Crippen LogP contribution in [0.15, 0.2) is 60.9 Å². The molecule has 4 rings (SSSR count). The fourth-order valence-corrected chi connectivity index (χ4v) is 4.33. The Labute approximate surface area is 187 Å². The van der Waals surface area contributed by atoms with Crippen LogP contribution in [0.1, 0.15) is 50.5 Å². The molecule has 3 aromatic rings. The van der Waals surface area contributed by atoms with Crippen LogP contribution in [0.25, 0.3) is 10.9 Å². The van der Waals surface area contributed by atoms with Crippen molar-refractivity contribution in [2.75, 3.05) is 26.2 Å². The molecule has 1 amide bonds. The van der Waals surface area contributed by atoms with Crippen LogP contribution in [0.2, 0.25) is 0 Å². The van der Waals surface area contributed by atoms with Gasteiger partial charge in [0.1, 0.15) is 0 Å². The highest BCUT2D eigenvalue weighted by atomic mass is 16.2. The molecule has 6 nitrogen and oxygen atoms in total. The van der Waals surface area contributed by atoms with Crippen LogP contribution in [0.4, 0.5) is 0 Å². The number of nitrogens with one attached hydrogen (secondary N) is 1. The summed E-state index contributed by atoms with van der Waals surface area (Å²) < 4.78 is 0. The number of ketones is 2. The molecule has 1 saturated heterocycles. The lowest BCUT2D eigenvalue weighted by Gasteiger charge is -2.36. The van der Waals surface area contributed by atoms with Crippen LogP contribution in [0.3, 0.4) is 0 Å². The Bertz CT molecular complexity index is 1200. The minimum Gasteiger partial charge on any atom is -0.365 e. The van der Waals surface area contributed by atoms with Gasteiger partial charge in [0.2, 0.25) is 5.78 Å². The van der Waals surface area contributed by atoms with Gasteiger partial charge in [-0.15, -0.1) is 0 Å². The predicted molar refractivity (Wildman–Crippen MR) is 125 cm³/mol. The third-order valence-corrected chi connectivity index (χ3v) is 6.16. The lowest BCUT2D eigenvalue weighted by Crippen LogP contribution is -2.48. The second kappa shape index (κ2) is 8.83. The Balaban J connectivity index is 1.52. The number of hydrogen-bond acceptors (Lipinski definition) is 4. The summed E-state index contributed by atoms with van der Waals surface area (Å²) in [6.45, 7) is 9.78. The van der Waals surface area contributed by atoms with Crippen molar-refractivity contribution in [3.8, 4) is 0 Å². The van der Waals surface area contributed by atoms with Crippen LogP contribution in [-0.2, 0) is 6.42 Å². The summed E-state index contributed by atoms with van der Waals surface area (Å²) >= 11 is 0. The van der Waals surface area contributed by atoms with E-state index in [1.165, 1.54) is 6.92 Å². The molecule has 0 saturated carbocycles.